The molecule has 112 valence electrons. The van der Waals surface area contributed by atoms with Crippen molar-refractivity contribution in [2.75, 3.05) is 7.05 Å². The fourth-order valence-corrected chi connectivity index (χ4v) is 2.24. The highest BCUT2D eigenvalue weighted by Crippen LogP contribution is 2.35. The van der Waals surface area contributed by atoms with Gasteiger partial charge in [0, 0.05) is 19.2 Å². The summed E-state index contributed by atoms with van der Waals surface area (Å²) in [4.78, 5) is 10.8. The molecule has 0 fully saturated rings. The average Bonchev–Trinajstić information content (AvgIpc) is 2.66. The fraction of sp³-hybridized carbons (Fsp3) is 0.357. The van der Waals surface area contributed by atoms with E-state index in [1.54, 1.807) is 36.9 Å². The molecular formula is C14H18N4O3. The van der Waals surface area contributed by atoms with Gasteiger partial charge in [0.1, 0.15) is 0 Å². The van der Waals surface area contributed by atoms with Gasteiger partial charge in [0.05, 0.1) is 16.2 Å². The number of rotatable bonds is 5. The van der Waals surface area contributed by atoms with Gasteiger partial charge < -0.3 is 10.1 Å². The van der Waals surface area contributed by atoms with Gasteiger partial charge in [-0.25, -0.2) is 4.68 Å². The summed E-state index contributed by atoms with van der Waals surface area (Å²) < 4.78 is 7.40. The van der Waals surface area contributed by atoms with Crippen LogP contribution in [0.3, 0.4) is 0 Å². The van der Waals surface area contributed by atoms with Crippen LogP contribution in [0.15, 0.2) is 18.2 Å². The van der Waals surface area contributed by atoms with Crippen molar-refractivity contribution in [3.63, 3.8) is 0 Å². The van der Waals surface area contributed by atoms with E-state index in [1.165, 1.54) is 0 Å². The molecule has 1 heterocycles. The van der Waals surface area contributed by atoms with Crippen molar-refractivity contribution < 1.29 is 9.66 Å². The highest BCUT2D eigenvalue weighted by Gasteiger charge is 2.22. The molecular weight excluding hydrogens is 272 g/mol. The molecule has 1 aromatic heterocycles. The van der Waals surface area contributed by atoms with E-state index in [1.807, 2.05) is 14.0 Å². The molecule has 0 aliphatic rings. The molecule has 0 bridgehead atoms. The maximum absolute atomic E-state index is 11.2. The quantitative estimate of drug-likeness (QED) is 0.675. The monoisotopic (exact) mass is 290 g/mol. The Balaban J connectivity index is 2.48. The molecule has 0 amide bonds. The second kappa shape index (κ2) is 5.92. The van der Waals surface area contributed by atoms with Crippen molar-refractivity contribution in [2.45, 2.75) is 20.4 Å². The minimum Gasteiger partial charge on any atom is -0.432 e. The van der Waals surface area contributed by atoms with Gasteiger partial charge in [-0.3, -0.25) is 10.1 Å². The molecule has 7 nitrogen and oxygen atoms in total. The summed E-state index contributed by atoms with van der Waals surface area (Å²) in [6.07, 6.45) is 0. The van der Waals surface area contributed by atoms with E-state index in [-0.39, 0.29) is 11.4 Å². The zero-order valence-corrected chi connectivity index (χ0v) is 12.5. The maximum Gasteiger partial charge on any atom is 0.314 e. The summed E-state index contributed by atoms with van der Waals surface area (Å²) in [5.41, 5.74) is 2.26. The molecule has 21 heavy (non-hydrogen) atoms. The summed E-state index contributed by atoms with van der Waals surface area (Å²) in [6.45, 7) is 4.15. The van der Waals surface area contributed by atoms with Gasteiger partial charge in [-0.1, -0.05) is 12.1 Å². The zero-order valence-electron chi connectivity index (χ0n) is 12.5. The first-order valence-electron chi connectivity index (χ1n) is 6.54. The third kappa shape index (κ3) is 2.87. The first kappa shape index (κ1) is 15.0. The molecule has 0 spiro atoms. The van der Waals surface area contributed by atoms with E-state index in [4.69, 9.17) is 4.74 Å². The molecule has 0 unspecified atom stereocenters. The van der Waals surface area contributed by atoms with Crippen LogP contribution in [-0.2, 0) is 13.6 Å². The third-order valence-corrected chi connectivity index (χ3v) is 3.23. The van der Waals surface area contributed by atoms with Crippen molar-refractivity contribution in [1.82, 2.24) is 15.1 Å². The van der Waals surface area contributed by atoms with Crippen molar-refractivity contribution in [3.8, 4) is 11.6 Å². The smallest absolute Gasteiger partial charge is 0.314 e. The largest absolute Gasteiger partial charge is 0.432 e. The van der Waals surface area contributed by atoms with Crippen LogP contribution in [0.2, 0.25) is 0 Å². The summed E-state index contributed by atoms with van der Waals surface area (Å²) in [5, 5.41) is 18.6. The zero-order chi connectivity index (χ0) is 15.6. The number of nitrogens with zero attached hydrogens (tertiary/aromatic N) is 3. The van der Waals surface area contributed by atoms with Gasteiger partial charge in [0.25, 0.3) is 0 Å². The number of nitro groups is 1. The Morgan fingerprint density at radius 1 is 1.43 bits per heavy atom. The lowest BCUT2D eigenvalue weighted by Crippen LogP contribution is -2.07. The Bertz CT molecular complexity index is 679. The summed E-state index contributed by atoms with van der Waals surface area (Å²) >= 11 is 0. The second-order valence-corrected chi connectivity index (χ2v) is 4.80. The minimum atomic E-state index is -0.425. The summed E-state index contributed by atoms with van der Waals surface area (Å²) in [5.74, 6) is 0.732. The van der Waals surface area contributed by atoms with E-state index >= 15 is 0 Å². The number of hydrogen-bond acceptors (Lipinski definition) is 5. The van der Waals surface area contributed by atoms with Gasteiger partial charge in [-0.15, -0.1) is 0 Å². The highest BCUT2D eigenvalue weighted by molar-refractivity contribution is 5.53. The Labute approximate surface area is 122 Å². The number of benzene rings is 1. The van der Waals surface area contributed by atoms with E-state index in [9.17, 15) is 10.1 Å². The Kier molecular flexibility index (Phi) is 4.23. The first-order valence-corrected chi connectivity index (χ1v) is 6.54. The molecule has 1 N–H and O–H groups in total. The number of nitrogens with one attached hydrogen (secondary N) is 1. The molecule has 0 atom stereocenters. The average molecular weight is 290 g/mol. The topological polar surface area (TPSA) is 82.2 Å². The number of aromatic nitrogens is 2. The van der Waals surface area contributed by atoms with Crippen LogP contribution in [-0.4, -0.2) is 21.8 Å². The lowest BCUT2D eigenvalue weighted by atomic mass is 10.2. The fourth-order valence-electron chi connectivity index (χ4n) is 2.24. The van der Waals surface area contributed by atoms with Gasteiger partial charge in [0.15, 0.2) is 0 Å². The third-order valence-electron chi connectivity index (χ3n) is 3.23. The predicted octanol–water partition coefficient (Wildman–Crippen LogP) is 2.46. The van der Waals surface area contributed by atoms with E-state index < -0.39 is 4.92 Å². The number of hydrogen-bond donors (Lipinski definition) is 1. The van der Waals surface area contributed by atoms with Crippen LogP contribution in [0, 0.1) is 24.0 Å². The molecule has 7 heteroatoms. The maximum atomic E-state index is 11.2. The predicted molar refractivity (Wildman–Crippen MR) is 78.6 cm³/mol. The SMILES string of the molecule is CNCc1c(C)nn(C)c1Oc1cccc(C)c1[N+](=O)[O-]. The molecule has 2 aromatic rings. The van der Waals surface area contributed by atoms with E-state index in [0.717, 1.165) is 11.3 Å². The number of aryl methyl sites for hydroxylation is 3. The van der Waals surface area contributed by atoms with Crippen molar-refractivity contribution in [3.05, 3.63) is 45.1 Å². The van der Waals surface area contributed by atoms with Crippen LogP contribution in [0.25, 0.3) is 0 Å². The van der Waals surface area contributed by atoms with Gasteiger partial charge in [-0.2, -0.15) is 5.10 Å². The normalized spacial score (nSPS) is 10.7. The number of nitro benzene ring substituents is 1. The molecule has 0 saturated heterocycles. The summed E-state index contributed by atoms with van der Waals surface area (Å²) in [6, 6.07) is 5.02. The Hall–Kier alpha value is -2.41. The van der Waals surface area contributed by atoms with Crippen LogP contribution < -0.4 is 10.1 Å². The Morgan fingerprint density at radius 2 is 2.14 bits per heavy atom. The Morgan fingerprint density at radius 3 is 2.76 bits per heavy atom. The number of para-hydroxylation sites is 1. The molecule has 0 saturated carbocycles. The van der Waals surface area contributed by atoms with Crippen molar-refractivity contribution in [2.24, 2.45) is 7.05 Å². The minimum absolute atomic E-state index is 0.0215. The molecule has 1 aromatic carbocycles. The van der Waals surface area contributed by atoms with Gasteiger partial charge in [-0.05, 0) is 27.0 Å². The lowest BCUT2D eigenvalue weighted by Gasteiger charge is -2.10. The van der Waals surface area contributed by atoms with E-state index in [0.29, 0.717) is 18.0 Å². The molecule has 0 aliphatic heterocycles. The standard InChI is InChI=1S/C14H18N4O3/c1-9-6-5-7-12(13(9)18(19)20)21-14-11(8-15-3)10(2)16-17(14)4/h5-7,15H,8H2,1-4H3. The van der Waals surface area contributed by atoms with E-state index in [2.05, 4.69) is 10.4 Å². The van der Waals surface area contributed by atoms with Crippen LogP contribution in [0.4, 0.5) is 5.69 Å². The van der Waals surface area contributed by atoms with Gasteiger partial charge >= 0.3 is 5.69 Å². The molecule has 0 radical (unpaired) electrons. The van der Waals surface area contributed by atoms with Crippen LogP contribution in [0.5, 0.6) is 11.6 Å². The number of ether oxygens (including phenoxy) is 1. The van der Waals surface area contributed by atoms with Crippen LogP contribution >= 0.6 is 0 Å². The first-order chi connectivity index (χ1) is 9.95. The van der Waals surface area contributed by atoms with Crippen molar-refractivity contribution >= 4 is 5.69 Å². The van der Waals surface area contributed by atoms with Gasteiger partial charge in [0.2, 0.25) is 11.6 Å². The van der Waals surface area contributed by atoms with Crippen LogP contribution in [0.1, 0.15) is 16.8 Å². The molecule has 2 rings (SSSR count). The lowest BCUT2D eigenvalue weighted by molar-refractivity contribution is -0.386. The summed E-state index contributed by atoms with van der Waals surface area (Å²) in [7, 11) is 3.58. The highest BCUT2D eigenvalue weighted by atomic mass is 16.6. The second-order valence-electron chi connectivity index (χ2n) is 4.80. The molecule has 0 aliphatic carbocycles. The van der Waals surface area contributed by atoms with Crippen molar-refractivity contribution in [1.29, 1.82) is 0 Å².